The van der Waals surface area contributed by atoms with Crippen LogP contribution >= 0.6 is 0 Å². The molecule has 0 atom stereocenters. The number of hydrogen-bond donors (Lipinski definition) is 2. The summed E-state index contributed by atoms with van der Waals surface area (Å²) in [5, 5.41) is 20.7. The minimum Gasteiger partial charge on any atom is -0.508 e. The first kappa shape index (κ1) is 28.4. The van der Waals surface area contributed by atoms with Gasteiger partial charge in [-0.3, -0.25) is 9.59 Å². The van der Waals surface area contributed by atoms with Crippen molar-refractivity contribution in [3.05, 3.63) is 95.7 Å². The number of ether oxygens (including phenoxy) is 1. The second-order valence-corrected chi connectivity index (χ2v) is 9.59. The van der Waals surface area contributed by atoms with Crippen molar-refractivity contribution in [3.63, 3.8) is 0 Å². The molecule has 2 heterocycles. The normalized spacial score (nSPS) is 13.5. The van der Waals surface area contributed by atoms with Crippen LogP contribution in [0.3, 0.4) is 0 Å². The first-order valence-electron chi connectivity index (χ1n) is 13.0. The largest absolute Gasteiger partial charge is 0.508 e. The quantitative estimate of drug-likeness (QED) is 0.329. The summed E-state index contributed by atoms with van der Waals surface area (Å²) in [6.45, 7) is 1.24. The van der Waals surface area contributed by atoms with E-state index in [9.17, 15) is 27.9 Å². The van der Waals surface area contributed by atoms with Gasteiger partial charge in [0.1, 0.15) is 11.5 Å². The van der Waals surface area contributed by atoms with E-state index in [2.05, 4.69) is 15.5 Å². The number of hydrogen-bond acceptors (Lipinski definition) is 7. The Morgan fingerprint density at radius 1 is 0.881 bits per heavy atom. The zero-order valence-corrected chi connectivity index (χ0v) is 22.4. The molecule has 3 aromatic carbocycles. The molecule has 2 amide bonds. The third-order valence-electron chi connectivity index (χ3n) is 6.81. The van der Waals surface area contributed by atoms with Crippen LogP contribution in [0, 0.1) is 0 Å². The van der Waals surface area contributed by atoms with E-state index in [-0.39, 0.29) is 35.7 Å². The number of nitrogens with zero attached hydrogens (tertiary/aromatic N) is 4. The number of carbonyl (C=O) groups is 2. The van der Waals surface area contributed by atoms with E-state index in [1.807, 2.05) is 4.90 Å². The van der Waals surface area contributed by atoms with E-state index in [4.69, 9.17) is 4.74 Å². The van der Waals surface area contributed by atoms with Gasteiger partial charge in [-0.05, 0) is 77.9 Å². The number of nitrogens with one attached hydrogen (secondary N) is 1. The molecule has 1 fully saturated rings. The van der Waals surface area contributed by atoms with Crippen LogP contribution in [0.4, 0.5) is 24.7 Å². The Labute approximate surface area is 239 Å². The number of rotatable bonds is 6. The summed E-state index contributed by atoms with van der Waals surface area (Å²) in [5.41, 5.74) is 0.187. The first-order chi connectivity index (χ1) is 20.1. The summed E-state index contributed by atoms with van der Waals surface area (Å²) in [7, 11) is 1.55. The van der Waals surface area contributed by atoms with Crippen molar-refractivity contribution in [2.75, 3.05) is 43.5 Å². The molecule has 1 aliphatic heterocycles. The number of alkyl halides is 3. The van der Waals surface area contributed by atoms with Gasteiger partial charge in [0.15, 0.2) is 11.5 Å². The van der Waals surface area contributed by atoms with Crippen molar-refractivity contribution < 1.29 is 32.6 Å². The predicted octanol–water partition coefficient (Wildman–Crippen LogP) is 5.09. The summed E-state index contributed by atoms with van der Waals surface area (Å²) in [6, 6.07) is 19.1. The lowest BCUT2D eigenvalue weighted by atomic mass is 9.98. The Balaban J connectivity index is 1.24. The van der Waals surface area contributed by atoms with Gasteiger partial charge in [-0.15, -0.1) is 10.2 Å². The van der Waals surface area contributed by atoms with Crippen molar-refractivity contribution in [3.8, 4) is 22.6 Å². The lowest BCUT2D eigenvalue weighted by Gasteiger charge is -2.35. The number of carbonyl (C=O) groups excluding carboxylic acids is 2. The molecule has 0 saturated carbocycles. The highest BCUT2D eigenvalue weighted by atomic mass is 19.4. The fourth-order valence-corrected chi connectivity index (χ4v) is 4.57. The third kappa shape index (κ3) is 6.43. The maximum Gasteiger partial charge on any atom is 0.416 e. The van der Waals surface area contributed by atoms with Gasteiger partial charge in [0.2, 0.25) is 0 Å². The maximum atomic E-state index is 13.7. The highest BCUT2D eigenvalue weighted by molar-refractivity contribution is 6.02. The minimum atomic E-state index is -4.66. The Morgan fingerprint density at radius 3 is 2.24 bits per heavy atom. The standard InChI is InChI=1S/C30H26F3N5O4/c1-42-25-7-5-23(6-8-25)34-28(40)26-9-10-27(36-35-26)37-11-13-38(14-12-37)29(41)21-15-20(16-22(17-21)30(31,32)33)19-3-2-4-24(39)18-19/h2-10,15-18,39H,11-14H2,1H3,(H,34,40). The van der Waals surface area contributed by atoms with Crippen molar-refractivity contribution in [1.82, 2.24) is 15.1 Å². The lowest BCUT2D eigenvalue weighted by Crippen LogP contribution is -2.49. The van der Waals surface area contributed by atoms with Crippen molar-refractivity contribution in [1.29, 1.82) is 0 Å². The highest BCUT2D eigenvalue weighted by Gasteiger charge is 2.33. The number of phenols is 1. The van der Waals surface area contributed by atoms with E-state index in [0.717, 1.165) is 12.1 Å². The van der Waals surface area contributed by atoms with Gasteiger partial charge in [-0.25, -0.2) is 0 Å². The number of methoxy groups -OCH3 is 1. The maximum absolute atomic E-state index is 13.7. The molecule has 2 N–H and O–H groups in total. The Morgan fingerprint density at radius 2 is 1.62 bits per heavy atom. The van der Waals surface area contributed by atoms with E-state index >= 15 is 0 Å². The van der Waals surface area contributed by atoms with Crippen LogP contribution in [0.2, 0.25) is 0 Å². The smallest absolute Gasteiger partial charge is 0.416 e. The van der Waals surface area contributed by atoms with Crippen LogP contribution < -0.4 is 15.0 Å². The number of halogens is 3. The van der Waals surface area contributed by atoms with E-state index < -0.39 is 23.6 Å². The number of anilines is 2. The number of phenolic OH excluding ortho intramolecular Hbond substituents is 1. The van der Waals surface area contributed by atoms with Crippen LogP contribution in [0.5, 0.6) is 11.5 Å². The average molecular weight is 578 g/mol. The molecule has 5 rings (SSSR count). The van der Waals surface area contributed by atoms with E-state index in [1.165, 1.54) is 29.2 Å². The van der Waals surface area contributed by atoms with E-state index in [1.54, 1.807) is 49.6 Å². The third-order valence-corrected chi connectivity index (χ3v) is 6.81. The Kier molecular flexibility index (Phi) is 7.96. The van der Waals surface area contributed by atoms with E-state index in [0.29, 0.717) is 35.9 Å². The lowest BCUT2D eigenvalue weighted by molar-refractivity contribution is -0.137. The second-order valence-electron chi connectivity index (χ2n) is 9.59. The summed E-state index contributed by atoms with van der Waals surface area (Å²) >= 11 is 0. The van der Waals surface area contributed by atoms with Gasteiger partial charge in [0.05, 0.1) is 12.7 Å². The summed E-state index contributed by atoms with van der Waals surface area (Å²) in [4.78, 5) is 29.2. The van der Waals surface area contributed by atoms with Crippen molar-refractivity contribution in [2.45, 2.75) is 6.18 Å². The number of benzene rings is 3. The Hall–Kier alpha value is -5.13. The van der Waals surface area contributed by atoms with Gasteiger partial charge >= 0.3 is 6.18 Å². The monoisotopic (exact) mass is 577 g/mol. The molecule has 0 aliphatic carbocycles. The van der Waals surface area contributed by atoms with Gasteiger partial charge in [0, 0.05) is 37.4 Å². The van der Waals surface area contributed by atoms with Gasteiger partial charge in [0.25, 0.3) is 11.8 Å². The molecule has 9 nitrogen and oxygen atoms in total. The Bertz CT molecular complexity index is 1590. The number of piperazine rings is 1. The molecule has 0 radical (unpaired) electrons. The molecule has 0 spiro atoms. The summed E-state index contributed by atoms with van der Waals surface area (Å²) in [6.07, 6.45) is -4.66. The zero-order valence-electron chi connectivity index (χ0n) is 22.4. The SMILES string of the molecule is COc1ccc(NC(=O)c2ccc(N3CCN(C(=O)c4cc(-c5cccc(O)c5)cc(C(F)(F)F)c4)CC3)nn2)cc1. The molecule has 0 unspecified atom stereocenters. The number of aromatic nitrogens is 2. The van der Waals surface area contributed by atoms with Gasteiger partial charge < -0.3 is 25.0 Å². The fourth-order valence-electron chi connectivity index (χ4n) is 4.57. The zero-order chi connectivity index (χ0) is 29.9. The second kappa shape index (κ2) is 11.8. The predicted molar refractivity (Wildman–Crippen MR) is 150 cm³/mol. The highest BCUT2D eigenvalue weighted by Crippen LogP contribution is 2.34. The topological polar surface area (TPSA) is 108 Å². The first-order valence-corrected chi connectivity index (χ1v) is 13.0. The summed E-state index contributed by atoms with van der Waals surface area (Å²) < 4.78 is 46.1. The average Bonchev–Trinajstić information content (AvgIpc) is 3.00. The van der Waals surface area contributed by atoms with Crippen LogP contribution in [0.1, 0.15) is 26.4 Å². The van der Waals surface area contributed by atoms with Crippen LogP contribution in [0.25, 0.3) is 11.1 Å². The molecule has 12 heteroatoms. The molecule has 1 aromatic heterocycles. The molecule has 4 aromatic rings. The number of aromatic hydroxyl groups is 1. The molecular formula is C30H26F3N5O4. The number of amides is 2. The van der Waals surface area contributed by atoms with Crippen molar-refractivity contribution in [2.24, 2.45) is 0 Å². The molecule has 0 bridgehead atoms. The molecule has 1 saturated heterocycles. The fraction of sp³-hybridized carbons (Fsp3) is 0.200. The van der Waals surface area contributed by atoms with Crippen LogP contribution in [-0.4, -0.2) is 65.3 Å². The summed E-state index contributed by atoms with van der Waals surface area (Å²) in [5.74, 6) is 0.114. The molecule has 42 heavy (non-hydrogen) atoms. The van der Waals surface area contributed by atoms with Crippen LogP contribution in [-0.2, 0) is 6.18 Å². The van der Waals surface area contributed by atoms with Gasteiger partial charge in [-0.2, -0.15) is 13.2 Å². The van der Waals surface area contributed by atoms with Crippen LogP contribution in [0.15, 0.2) is 78.9 Å². The molecule has 1 aliphatic rings. The van der Waals surface area contributed by atoms with Gasteiger partial charge in [-0.1, -0.05) is 12.1 Å². The molecule has 216 valence electrons. The molecular weight excluding hydrogens is 551 g/mol. The van der Waals surface area contributed by atoms with Crippen molar-refractivity contribution >= 4 is 23.3 Å². The minimum absolute atomic E-state index is 0.0939.